The van der Waals surface area contributed by atoms with Crippen molar-refractivity contribution < 1.29 is 17.7 Å². The Balaban J connectivity index is 1.92. The van der Waals surface area contributed by atoms with Crippen molar-refractivity contribution >= 4 is 17.3 Å². The van der Waals surface area contributed by atoms with Gasteiger partial charge in [-0.05, 0) is 26.0 Å². The predicted octanol–water partition coefficient (Wildman–Crippen LogP) is 3.54. The minimum atomic E-state index is -4.52. The molecular weight excluding hydrogens is 399 g/mol. The second-order valence-electron chi connectivity index (χ2n) is 6.12. The van der Waals surface area contributed by atoms with Crippen molar-refractivity contribution in [2.75, 3.05) is 11.9 Å². The number of alkyl halides is 3. The van der Waals surface area contributed by atoms with Crippen LogP contribution in [0.3, 0.4) is 0 Å². The summed E-state index contributed by atoms with van der Waals surface area (Å²) in [7, 11) is 1.72. The number of rotatable bonds is 4. The normalized spacial score (nSPS) is 11.7. The van der Waals surface area contributed by atoms with Gasteiger partial charge in [-0.3, -0.25) is 4.79 Å². The molecule has 3 rings (SSSR count). The Kier molecular flexibility index (Phi) is 5.16. The molecule has 0 N–H and O–H groups in total. The molecule has 0 radical (unpaired) electrons. The Morgan fingerprint density at radius 2 is 1.96 bits per heavy atom. The summed E-state index contributed by atoms with van der Waals surface area (Å²) in [5, 5.41) is 7.73. The molecule has 0 spiro atoms. The molecule has 0 saturated heterocycles. The largest absolute Gasteiger partial charge is 0.417 e. The summed E-state index contributed by atoms with van der Waals surface area (Å²) >= 11 is 6.20. The van der Waals surface area contributed by atoms with Gasteiger partial charge in [0.05, 0.1) is 23.1 Å². The molecule has 0 aliphatic carbocycles. The Hall–Kier alpha value is -2.88. The first-order chi connectivity index (χ1) is 13.1. The van der Waals surface area contributed by atoms with E-state index in [0.29, 0.717) is 24.2 Å². The highest BCUT2D eigenvalue weighted by Crippen LogP contribution is 2.29. The Bertz CT molecular complexity index is 1040. The van der Waals surface area contributed by atoms with E-state index in [9.17, 15) is 18.0 Å². The van der Waals surface area contributed by atoms with Gasteiger partial charge in [0.2, 0.25) is 0 Å². The molecule has 0 atom stereocenters. The summed E-state index contributed by atoms with van der Waals surface area (Å²) in [6.07, 6.45) is -2.54. The zero-order valence-electron chi connectivity index (χ0n) is 15.1. The minimum Gasteiger partial charge on any atom is -0.367 e. The van der Waals surface area contributed by atoms with Crippen molar-refractivity contribution in [1.82, 2.24) is 19.9 Å². The smallest absolute Gasteiger partial charge is 0.367 e. The van der Waals surface area contributed by atoms with E-state index < -0.39 is 17.3 Å². The molecular formula is C17H15ClF3N5O2. The average molecular weight is 414 g/mol. The quantitative estimate of drug-likeness (QED) is 0.651. The van der Waals surface area contributed by atoms with Gasteiger partial charge < -0.3 is 9.42 Å². The van der Waals surface area contributed by atoms with E-state index in [0.717, 1.165) is 28.1 Å². The molecule has 0 aromatic carbocycles. The number of hydrogen-bond acceptors (Lipinski definition) is 6. The summed E-state index contributed by atoms with van der Waals surface area (Å²) in [6, 6.07) is 1.88. The topological polar surface area (TPSA) is 77.1 Å². The third-order valence-electron chi connectivity index (χ3n) is 4.18. The third kappa shape index (κ3) is 3.72. The fraction of sp³-hybridized carbons (Fsp3) is 0.294. The first-order valence-corrected chi connectivity index (χ1v) is 8.41. The lowest BCUT2D eigenvalue weighted by atomic mass is 10.2. The van der Waals surface area contributed by atoms with Gasteiger partial charge in [0.1, 0.15) is 10.8 Å². The Morgan fingerprint density at radius 1 is 1.25 bits per heavy atom. The van der Waals surface area contributed by atoms with Gasteiger partial charge in [0.15, 0.2) is 5.82 Å². The van der Waals surface area contributed by atoms with Gasteiger partial charge in [0, 0.05) is 25.4 Å². The molecule has 3 heterocycles. The Morgan fingerprint density at radius 3 is 2.50 bits per heavy atom. The number of nitrogens with zero attached hydrogens (tertiary/aromatic N) is 5. The maximum absolute atomic E-state index is 12.7. The van der Waals surface area contributed by atoms with E-state index in [1.165, 1.54) is 6.20 Å². The lowest BCUT2D eigenvalue weighted by Crippen LogP contribution is -2.27. The van der Waals surface area contributed by atoms with E-state index in [2.05, 4.69) is 15.2 Å². The third-order valence-corrected chi connectivity index (χ3v) is 4.54. The number of aromatic nitrogens is 4. The van der Waals surface area contributed by atoms with Crippen LogP contribution in [0.5, 0.6) is 0 Å². The second kappa shape index (κ2) is 7.27. The van der Waals surface area contributed by atoms with E-state index in [1.54, 1.807) is 25.8 Å². The van der Waals surface area contributed by atoms with Crippen molar-refractivity contribution in [3.63, 3.8) is 0 Å². The molecule has 3 aromatic rings. The summed E-state index contributed by atoms with van der Waals surface area (Å²) in [5.41, 5.74) is 0.306. The highest BCUT2D eigenvalue weighted by Gasteiger charge is 2.30. The van der Waals surface area contributed by atoms with Crippen molar-refractivity contribution in [3.8, 4) is 5.82 Å². The van der Waals surface area contributed by atoms with E-state index >= 15 is 0 Å². The van der Waals surface area contributed by atoms with Crippen molar-refractivity contribution in [3.05, 3.63) is 62.5 Å². The highest BCUT2D eigenvalue weighted by molar-refractivity contribution is 6.33. The minimum absolute atomic E-state index is 0.0696. The fourth-order valence-corrected chi connectivity index (χ4v) is 2.86. The molecule has 0 unspecified atom stereocenters. The van der Waals surface area contributed by atoms with Gasteiger partial charge in [-0.15, -0.1) is 0 Å². The van der Waals surface area contributed by atoms with Crippen LogP contribution >= 0.6 is 11.6 Å². The summed E-state index contributed by atoms with van der Waals surface area (Å²) < 4.78 is 43.9. The summed E-state index contributed by atoms with van der Waals surface area (Å²) in [6.45, 7) is 3.95. The average Bonchev–Trinajstić information content (AvgIpc) is 2.95. The molecule has 0 saturated carbocycles. The molecule has 7 nitrogen and oxygen atoms in total. The number of hydrogen-bond donors (Lipinski definition) is 0. The fourth-order valence-electron chi connectivity index (χ4n) is 2.58. The first kappa shape index (κ1) is 19.9. The highest BCUT2D eigenvalue weighted by atomic mass is 35.5. The standard InChI is InChI=1S/C17H15ClF3N5O2/c1-9-12(10(2)28-24-9)8-25(3)13-7-23-26(16(27)15(13)18)14-5-4-11(6-22-14)17(19,20)21/h4-7H,8H2,1-3H3. The monoisotopic (exact) mass is 413 g/mol. The van der Waals surface area contributed by atoms with E-state index in [4.69, 9.17) is 16.1 Å². The maximum atomic E-state index is 12.7. The molecule has 0 amide bonds. The molecule has 0 aliphatic heterocycles. The predicted molar refractivity (Wildman–Crippen MR) is 95.7 cm³/mol. The van der Waals surface area contributed by atoms with Gasteiger partial charge in [-0.2, -0.15) is 23.0 Å². The second-order valence-corrected chi connectivity index (χ2v) is 6.50. The molecule has 0 bridgehead atoms. The number of pyridine rings is 1. The van der Waals surface area contributed by atoms with Gasteiger partial charge in [-0.1, -0.05) is 16.8 Å². The molecule has 0 fully saturated rings. The van der Waals surface area contributed by atoms with Crippen LogP contribution in [0.25, 0.3) is 5.82 Å². The van der Waals surface area contributed by atoms with Crippen LogP contribution in [0, 0.1) is 13.8 Å². The van der Waals surface area contributed by atoms with Crippen LogP contribution in [0.2, 0.25) is 5.02 Å². The van der Waals surface area contributed by atoms with Gasteiger partial charge in [-0.25, -0.2) is 4.98 Å². The van der Waals surface area contributed by atoms with Crippen LogP contribution in [0.4, 0.5) is 18.9 Å². The number of aryl methyl sites for hydroxylation is 2. The van der Waals surface area contributed by atoms with Gasteiger partial charge >= 0.3 is 6.18 Å². The molecule has 148 valence electrons. The SMILES string of the molecule is Cc1noc(C)c1CN(C)c1cnn(-c2ccc(C(F)(F)F)cn2)c(=O)c1Cl. The van der Waals surface area contributed by atoms with Gasteiger partial charge in [0.25, 0.3) is 5.56 Å². The molecule has 3 aromatic heterocycles. The summed E-state index contributed by atoms with van der Waals surface area (Å²) in [4.78, 5) is 17.9. The van der Waals surface area contributed by atoms with Crippen molar-refractivity contribution in [2.24, 2.45) is 0 Å². The van der Waals surface area contributed by atoms with Crippen LogP contribution < -0.4 is 10.5 Å². The lowest BCUT2D eigenvalue weighted by Gasteiger charge is -2.20. The summed E-state index contributed by atoms with van der Waals surface area (Å²) in [5.74, 6) is 0.579. The van der Waals surface area contributed by atoms with Crippen molar-refractivity contribution in [1.29, 1.82) is 0 Å². The van der Waals surface area contributed by atoms with Crippen molar-refractivity contribution in [2.45, 2.75) is 26.6 Å². The number of anilines is 1. The first-order valence-electron chi connectivity index (χ1n) is 8.04. The van der Waals surface area contributed by atoms with E-state index in [1.807, 2.05) is 0 Å². The van der Waals surface area contributed by atoms with Crippen LogP contribution in [0.15, 0.2) is 33.8 Å². The zero-order chi connectivity index (χ0) is 20.6. The maximum Gasteiger partial charge on any atom is 0.417 e. The molecule has 0 aliphatic rings. The zero-order valence-corrected chi connectivity index (χ0v) is 15.8. The van der Waals surface area contributed by atoms with Crippen LogP contribution in [-0.4, -0.2) is 27.0 Å². The number of halogens is 4. The molecule has 28 heavy (non-hydrogen) atoms. The lowest BCUT2D eigenvalue weighted by molar-refractivity contribution is -0.137. The molecule has 11 heteroatoms. The van der Waals surface area contributed by atoms with Crippen LogP contribution in [0.1, 0.15) is 22.6 Å². The van der Waals surface area contributed by atoms with Crippen LogP contribution in [-0.2, 0) is 12.7 Å². The van der Waals surface area contributed by atoms with E-state index in [-0.39, 0.29) is 10.8 Å². The Labute approximate surface area is 162 Å².